The highest BCUT2D eigenvalue weighted by molar-refractivity contribution is 5.99. The van der Waals surface area contributed by atoms with Gasteiger partial charge in [-0.2, -0.15) is 0 Å². The summed E-state index contributed by atoms with van der Waals surface area (Å²) in [6, 6.07) is 7.26. The molecule has 2 rings (SSSR count). The highest BCUT2D eigenvalue weighted by Crippen LogP contribution is 2.29. The number of benzene rings is 1. The Labute approximate surface area is 105 Å². The number of rotatable bonds is 3. The SMILES string of the molecule is COC(=O)C1CC(c2ccc(OC)cc2)NC1=O. The number of nitrogens with one attached hydrogen (secondary N) is 1. The van der Waals surface area contributed by atoms with Crippen molar-refractivity contribution < 1.29 is 19.1 Å². The fourth-order valence-electron chi connectivity index (χ4n) is 2.08. The van der Waals surface area contributed by atoms with Crippen molar-refractivity contribution in [2.75, 3.05) is 14.2 Å². The number of hydrogen-bond donors (Lipinski definition) is 1. The Bertz CT molecular complexity index is 455. The molecule has 18 heavy (non-hydrogen) atoms. The first-order valence-corrected chi connectivity index (χ1v) is 5.68. The van der Waals surface area contributed by atoms with Crippen LogP contribution in [0.4, 0.5) is 0 Å². The van der Waals surface area contributed by atoms with Gasteiger partial charge >= 0.3 is 5.97 Å². The van der Waals surface area contributed by atoms with Crippen LogP contribution in [0.2, 0.25) is 0 Å². The number of esters is 1. The van der Waals surface area contributed by atoms with Gasteiger partial charge in [0.25, 0.3) is 0 Å². The molecule has 0 saturated carbocycles. The first-order valence-electron chi connectivity index (χ1n) is 5.68. The summed E-state index contributed by atoms with van der Waals surface area (Å²) in [5.41, 5.74) is 0.954. The maximum atomic E-state index is 11.6. The molecule has 1 aromatic rings. The third-order valence-corrected chi connectivity index (χ3v) is 3.11. The molecule has 0 bridgehead atoms. The normalized spacial score (nSPS) is 22.4. The lowest BCUT2D eigenvalue weighted by atomic mass is 10.00. The Morgan fingerprint density at radius 1 is 1.28 bits per heavy atom. The van der Waals surface area contributed by atoms with Crippen molar-refractivity contribution in [1.29, 1.82) is 0 Å². The van der Waals surface area contributed by atoms with Crippen LogP contribution in [-0.2, 0) is 14.3 Å². The second-order valence-electron chi connectivity index (χ2n) is 4.15. The van der Waals surface area contributed by atoms with Crippen LogP contribution < -0.4 is 10.1 Å². The van der Waals surface area contributed by atoms with E-state index in [0.29, 0.717) is 6.42 Å². The van der Waals surface area contributed by atoms with Crippen molar-refractivity contribution in [3.63, 3.8) is 0 Å². The second-order valence-corrected chi connectivity index (χ2v) is 4.15. The van der Waals surface area contributed by atoms with E-state index in [-0.39, 0.29) is 11.9 Å². The maximum Gasteiger partial charge on any atom is 0.318 e. The van der Waals surface area contributed by atoms with Gasteiger partial charge in [-0.15, -0.1) is 0 Å². The Balaban J connectivity index is 2.11. The second kappa shape index (κ2) is 5.08. The molecule has 0 aliphatic carbocycles. The largest absolute Gasteiger partial charge is 0.497 e. The van der Waals surface area contributed by atoms with Gasteiger partial charge in [0.2, 0.25) is 5.91 Å². The highest BCUT2D eigenvalue weighted by Gasteiger charge is 2.38. The number of hydrogen-bond acceptors (Lipinski definition) is 4. The molecule has 0 radical (unpaired) electrons. The zero-order chi connectivity index (χ0) is 13.1. The standard InChI is InChI=1S/C13H15NO4/c1-17-9-5-3-8(4-6-9)11-7-10(12(15)14-11)13(16)18-2/h3-6,10-11H,7H2,1-2H3,(H,14,15). The van der Waals surface area contributed by atoms with Crippen LogP contribution in [0.5, 0.6) is 5.75 Å². The Hall–Kier alpha value is -2.04. The summed E-state index contributed by atoms with van der Waals surface area (Å²) >= 11 is 0. The fourth-order valence-corrected chi connectivity index (χ4v) is 2.08. The molecule has 2 unspecified atom stereocenters. The van der Waals surface area contributed by atoms with Gasteiger partial charge < -0.3 is 14.8 Å². The molecule has 1 N–H and O–H groups in total. The highest BCUT2D eigenvalue weighted by atomic mass is 16.5. The molecular formula is C13H15NO4. The van der Waals surface area contributed by atoms with Crippen molar-refractivity contribution in [2.24, 2.45) is 5.92 Å². The van der Waals surface area contributed by atoms with Crippen LogP contribution in [0.15, 0.2) is 24.3 Å². The number of carbonyl (C=O) groups excluding carboxylic acids is 2. The van der Waals surface area contributed by atoms with E-state index in [0.717, 1.165) is 11.3 Å². The van der Waals surface area contributed by atoms with E-state index in [9.17, 15) is 9.59 Å². The van der Waals surface area contributed by atoms with E-state index in [1.54, 1.807) is 7.11 Å². The fraction of sp³-hybridized carbons (Fsp3) is 0.385. The van der Waals surface area contributed by atoms with E-state index < -0.39 is 11.9 Å². The van der Waals surface area contributed by atoms with Crippen LogP contribution >= 0.6 is 0 Å². The van der Waals surface area contributed by atoms with Crippen molar-refractivity contribution >= 4 is 11.9 Å². The maximum absolute atomic E-state index is 11.6. The summed E-state index contributed by atoms with van der Waals surface area (Å²) in [7, 11) is 2.88. The average Bonchev–Trinajstić information content (AvgIpc) is 2.80. The van der Waals surface area contributed by atoms with E-state index in [4.69, 9.17) is 4.74 Å². The zero-order valence-corrected chi connectivity index (χ0v) is 10.3. The predicted molar refractivity (Wildman–Crippen MR) is 64.0 cm³/mol. The van der Waals surface area contributed by atoms with E-state index in [1.165, 1.54) is 7.11 Å². The summed E-state index contributed by atoms with van der Waals surface area (Å²) in [5.74, 6) is -0.708. The Kier molecular flexibility index (Phi) is 3.50. The van der Waals surface area contributed by atoms with Crippen molar-refractivity contribution in [3.05, 3.63) is 29.8 Å². The molecule has 1 fully saturated rings. The topological polar surface area (TPSA) is 64.6 Å². The van der Waals surface area contributed by atoms with Gasteiger partial charge in [-0.1, -0.05) is 12.1 Å². The molecular weight excluding hydrogens is 234 g/mol. The van der Waals surface area contributed by atoms with Crippen molar-refractivity contribution in [1.82, 2.24) is 5.32 Å². The van der Waals surface area contributed by atoms with Gasteiger partial charge in [0.15, 0.2) is 0 Å². The Morgan fingerprint density at radius 2 is 1.94 bits per heavy atom. The monoisotopic (exact) mass is 249 g/mol. The molecule has 5 nitrogen and oxygen atoms in total. The summed E-state index contributed by atoms with van der Waals surface area (Å²) in [4.78, 5) is 23.0. The molecule has 2 atom stereocenters. The minimum Gasteiger partial charge on any atom is -0.497 e. The van der Waals surface area contributed by atoms with Crippen LogP contribution in [-0.4, -0.2) is 26.1 Å². The van der Waals surface area contributed by atoms with Crippen LogP contribution in [0, 0.1) is 5.92 Å². The first kappa shape index (κ1) is 12.4. The Morgan fingerprint density at radius 3 is 2.50 bits per heavy atom. The van der Waals surface area contributed by atoms with E-state index >= 15 is 0 Å². The molecule has 1 heterocycles. The molecule has 5 heteroatoms. The van der Waals surface area contributed by atoms with Gasteiger partial charge in [-0.05, 0) is 24.1 Å². The predicted octanol–water partition coefficient (Wildman–Crippen LogP) is 1.05. The quantitative estimate of drug-likeness (QED) is 0.642. The summed E-state index contributed by atoms with van der Waals surface area (Å²) in [6.45, 7) is 0. The minimum absolute atomic E-state index is 0.146. The van der Waals surface area contributed by atoms with Gasteiger partial charge in [-0.3, -0.25) is 9.59 Å². The van der Waals surface area contributed by atoms with Gasteiger partial charge in [0.1, 0.15) is 11.7 Å². The number of amides is 1. The number of methoxy groups -OCH3 is 2. The lowest BCUT2D eigenvalue weighted by Crippen LogP contribution is -2.26. The third-order valence-electron chi connectivity index (χ3n) is 3.11. The van der Waals surface area contributed by atoms with Gasteiger partial charge in [0.05, 0.1) is 20.3 Å². The lowest BCUT2D eigenvalue weighted by Gasteiger charge is -2.10. The van der Waals surface area contributed by atoms with E-state index in [1.807, 2.05) is 24.3 Å². The molecule has 1 aliphatic rings. The average molecular weight is 249 g/mol. The summed E-state index contributed by atoms with van der Waals surface area (Å²) < 4.78 is 9.67. The van der Waals surface area contributed by atoms with Crippen LogP contribution in [0.25, 0.3) is 0 Å². The van der Waals surface area contributed by atoms with Crippen LogP contribution in [0.1, 0.15) is 18.0 Å². The molecule has 1 amide bonds. The molecule has 0 spiro atoms. The summed E-state index contributed by atoms with van der Waals surface area (Å²) in [5, 5.41) is 2.79. The molecule has 1 aromatic carbocycles. The molecule has 1 saturated heterocycles. The third kappa shape index (κ3) is 2.30. The van der Waals surface area contributed by atoms with Crippen LogP contribution in [0.3, 0.4) is 0 Å². The molecule has 1 aliphatic heterocycles. The lowest BCUT2D eigenvalue weighted by molar-refractivity contribution is -0.148. The molecule has 0 aromatic heterocycles. The minimum atomic E-state index is -0.706. The number of carbonyl (C=O) groups is 2. The zero-order valence-electron chi connectivity index (χ0n) is 10.3. The summed E-state index contributed by atoms with van der Waals surface area (Å²) in [6.07, 6.45) is 0.428. The smallest absolute Gasteiger partial charge is 0.318 e. The van der Waals surface area contributed by atoms with E-state index in [2.05, 4.69) is 10.1 Å². The first-order chi connectivity index (χ1) is 8.65. The van der Waals surface area contributed by atoms with Gasteiger partial charge in [-0.25, -0.2) is 0 Å². The number of ether oxygens (including phenoxy) is 2. The van der Waals surface area contributed by atoms with Crippen molar-refractivity contribution in [2.45, 2.75) is 12.5 Å². The van der Waals surface area contributed by atoms with Gasteiger partial charge in [0, 0.05) is 0 Å². The molecule has 96 valence electrons. The van der Waals surface area contributed by atoms with Crippen molar-refractivity contribution in [3.8, 4) is 5.75 Å².